The van der Waals surface area contributed by atoms with Crippen molar-refractivity contribution in [3.63, 3.8) is 0 Å². The third kappa shape index (κ3) is 3.74. The Kier molecular flexibility index (Phi) is 5.58. The summed E-state index contributed by atoms with van der Waals surface area (Å²) in [4.78, 5) is 18.8. The summed E-state index contributed by atoms with van der Waals surface area (Å²) < 4.78 is 10.7. The van der Waals surface area contributed by atoms with E-state index in [9.17, 15) is 4.79 Å². The molecular formula is C19H20Cl2N2O3. The molecule has 2 aromatic rings. The number of carbonyl (C=O) groups excluding carboxylic acids is 1. The molecule has 1 aliphatic rings. The molecule has 2 heterocycles. The van der Waals surface area contributed by atoms with Gasteiger partial charge in [-0.1, -0.05) is 23.2 Å². The molecule has 0 aliphatic carbocycles. The van der Waals surface area contributed by atoms with E-state index in [1.165, 1.54) is 5.56 Å². The van der Waals surface area contributed by atoms with E-state index in [0.29, 0.717) is 35.2 Å². The van der Waals surface area contributed by atoms with Crippen LogP contribution in [0.3, 0.4) is 0 Å². The normalized spacial score (nSPS) is 13.3. The van der Waals surface area contributed by atoms with Gasteiger partial charge in [-0.25, -0.2) is 4.98 Å². The van der Waals surface area contributed by atoms with E-state index < -0.39 is 0 Å². The molecule has 0 saturated heterocycles. The Morgan fingerprint density at radius 2 is 1.81 bits per heavy atom. The summed E-state index contributed by atoms with van der Waals surface area (Å²) in [6, 6.07) is 5.63. The van der Waals surface area contributed by atoms with Crippen LogP contribution < -0.4 is 9.47 Å². The molecule has 5 nitrogen and oxygen atoms in total. The van der Waals surface area contributed by atoms with Crippen LogP contribution in [0, 0.1) is 6.92 Å². The maximum Gasteiger partial charge on any atom is 0.227 e. The minimum atomic E-state index is -0.0279. The number of pyridine rings is 1. The molecule has 26 heavy (non-hydrogen) atoms. The first-order valence-electron chi connectivity index (χ1n) is 8.26. The van der Waals surface area contributed by atoms with Crippen LogP contribution in [0.2, 0.25) is 10.2 Å². The average molecular weight is 395 g/mol. The molecule has 0 N–H and O–H groups in total. The molecule has 3 rings (SSSR count). The van der Waals surface area contributed by atoms with Crippen LogP contribution in [0.15, 0.2) is 18.2 Å². The smallest absolute Gasteiger partial charge is 0.227 e. The lowest BCUT2D eigenvalue weighted by Gasteiger charge is -2.30. The van der Waals surface area contributed by atoms with Crippen molar-refractivity contribution in [2.24, 2.45) is 0 Å². The molecule has 0 fully saturated rings. The lowest BCUT2D eigenvalue weighted by Crippen LogP contribution is -2.37. The van der Waals surface area contributed by atoms with E-state index >= 15 is 0 Å². The maximum absolute atomic E-state index is 12.8. The van der Waals surface area contributed by atoms with Crippen LogP contribution in [-0.2, 0) is 24.2 Å². The molecule has 1 aromatic heterocycles. The Labute approximate surface area is 162 Å². The minimum Gasteiger partial charge on any atom is -0.493 e. The van der Waals surface area contributed by atoms with Gasteiger partial charge in [0.1, 0.15) is 5.15 Å². The second kappa shape index (κ2) is 7.72. The van der Waals surface area contributed by atoms with E-state index in [-0.39, 0.29) is 17.5 Å². The van der Waals surface area contributed by atoms with Crippen molar-refractivity contribution in [2.75, 3.05) is 20.8 Å². The van der Waals surface area contributed by atoms with Crippen molar-refractivity contribution < 1.29 is 14.3 Å². The highest BCUT2D eigenvalue weighted by atomic mass is 35.5. The highest BCUT2D eigenvalue weighted by molar-refractivity contribution is 6.35. The highest BCUT2D eigenvalue weighted by Gasteiger charge is 2.24. The SMILES string of the molecule is COc1cc2c(cc1OC)CN(C(=O)Cc1c(Cl)cc(C)nc1Cl)CC2. The number of hydrogen-bond acceptors (Lipinski definition) is 4. The van der Waals surface area contributed by atoms with E-state index in [4.69, 9.17) is 32.7 Å². The number of amides is 1. The molecule has 0 spiro atoms. The van der Waals surface area contributed by atoms with E-state index in [0.717, 1.165) is 17.7 Å². The number of halogens is 2. The van der Waals surface area contributed by atoms with Crippen LogP contribution in [0.25, 0.3) is 0 Å². The standard InChI is InChI=1S/C19H20Cl2N2O3/c1-11-6-15(20)14(19(21)22-11)9-18(24)23-5-4-12-7-16(25-2)17(26-3)8-13(12)10-23/h6-8H,4-5,9-10H2,1-3H3. The van der Waals surface area contributed by atoms with Gasteiger partial charge in [0.05, 0.1) is 20.6 Å². The zero-order valence-electron chi connectivity index (χ0n) is 14.9. The van der Waals surface area contributed by atoms with Gasteiger partial charge in [0.15, 0.2) is 11.5 Å². The van der Waals surface area contributed by atoms with Crippen molar-refractivity contribution in [3.05, 3.63) is 50.8 Å². The molecule has 0 radical (unpaired) electrons. The molecule has 1 aliphatic heterocycles. The average Bonchev–Trinajstić information content (AvgIpc) is 2.62. The Balaban J connectivity index is 1.79. The Morgan fingerprint density at radius 3 is 2.42 bits per heavy atom. The predicted molar refractivity (Wildman–Crippen MR) is 101 cm³/mol. The molecule has 0 atom stereocenters. The van der Waals surface area contributed by atoms with Crippen LogP contribution >= 0.6 is 23.2 Å². The highest BCUT2D eigenvalue weighted by Crippen LogP contribution is 2.33. The number of rotatable bonds is 4. The third-order valence-corrected chi connectivity index (χ3v) is 5.20. The second-order valence-electron chi connectivity index (χ2n) is 6.23. The van der Waals surface area contributed by atoms with Crippen molar-refractivity contribution in [3.8, 4) is 11.5 Å². The van der Waals surface area contributed by atoms with Gasteiger partial charge in [0.25, 0.3) is 0 Å². The van der Waals surface area contributed by atoms with Gasteiger partial charge in [-0.3, -0.25) is 4.79 Å². The number of aromatic nitrogens is 1. The molecule has 0 saturated carbocycles. The topological polar surface area (TPSA) is 51.7 Å². The van der Waals surface area contributed by atoms with Gasteiger partial charge in [0.2, 0.25) is 5.91 Å². The fourth-order valence-corrected chi connectivity index (χ4v) is 3.80. The molecule has 7 heteroatoms. The Bertz CT molecular complexity index is 832. The zero-order chi connectivity index (χ0) is 18.8. The number of fused-ring (bicyclic) bond motifs is 1. The predicted octanol–water partition coefficient (Wildman–Crippen LogP) is 3.84. The molecule has 1 amide bonds. The Morgan fingerprint density at radius 1 is 1.15 bits per heavy atom. The molecule has 0 unspecified atom stereocenters. The fourth-order valence-electron chi connectivity index (χ4n) is 3.14. The summed E-state index contributed by atoms with van der Waals surface area (Å²) in [6.07, 6.45) is 0.891. The first-order chi connectivity index (χ1) is 12.4. The fraction of sp³-hybridized carbons (Fsp3) is 0.368. The van der Waals surface area contributed by atoms with Crippen molar-refractivity contribution >= 4 is 29.1 Å². The van der Waals surface area contributed by atoms with Gasteiger partial charge in [-0.15, -0.1) is 0 Å². The molecule has 1 aromatic carbocycles. The van der Waals surface area contributed by atoms with Crippen LogP contribution in [0.4, 0.5) is 0 Å². The monoisotopic (exact) mass is 394 g/mol. The van der Waals surface area contributed by atoms with Gasteiger partial charge < -0.3 is 14.4 Å². The minimum absolute atomic E-state index is 0.0279. The number of ether oxygens (including phenoxy) is 2. The lowest BCUT2D eigenvalue weighted by molar-refractivity contribution is -0.131. The van der Waals surface area contributed by atoms with Gasteiger partial charge in [-0.05, 0) is 42.7 Å². The summed E-state index contributed by atoms with van der Waals surface area (Å²) in [5, 5.41) is 0.756. The Hall–Kier alpha value is -1.98. The number of methoxy groups -OCH3 is 2. The summed E-state index contributed by atoms with van der Waals surface area (Å²) in [6.45, 7) is 2.96. The third-order valence-electron chi connectivity index (χ3n) is 4.55. The molecular weight excluding hydrogens is 375 g/mol. The zero-order valence-corrected chi connectivity index (χ0v) is 16.4. The van der Waals surface area contributed by atoms with E-state index in [2.05, 4.69) is 4.98 Å². The van der Waals surface area contributed by atoms with Gasteiger partial charge >= 0.3 is 0 Å². The van der Waals surface area contributed by atoms with Crippen LogP contribution in [0.1, 0.15) is 22.4 Å². The quantitative estimate of drug-likeness (QED) is 0.739. The lowest BCUT2D eigenvalue weighted by atomic mass is 9.98. The summed E-state index contributed by atoms with van der Waals surface area (Å²) >= 11 is 12.4. The molecule has 0 bridgehead atoms. The largest absolute Gasteiger partial charge is 0.493 e. The first-order valence-corrected chi connectivity index (χ1v) is 9.01. The number of hydrogen-bond donors (Lipinski definition) is 0. The molecule has 138 valence electrons. The first kappa shape index (κ1) is 18.8. The van der Waals surface area contributed by atoms with Gasteiger partial charge in [0, 0.05) is 29.4 Å². The van der Waals surface area contributed by atoms with Crippen molar-refractivity contribution in [1.82, 2.24) is 9.88 Å². The van der Waals surface area contributed by atoms with Crippen molar-refractivity contribution in [2.45, 2.75) is 26.3 Å². The number of nitrogens with zero attached hydrogens (tertiary/aromatic N) is 2. The van der Waals surface area contributed by atoms with E-state index in [1.807, 2.05) is 19.1 Å². The van der Waals surface area contributed by atoms with Gasteiger partial charge in [-0.2, -0.15) is 0 Å². The second-order valence-corrected chi connectivity index (χ2v) is 7.00. The van der Waals surface area contributed by atoms with Crippen LogP contribution in [0.5, 0.6) is 11.5 Å². The van der Waals surface area contributed by atoms with Crippen LogP contribution in [-0.4, -0.2) is 36.6 Å². The summed E-state index contributed by atoms with van der Waals surface area (Å²) in [5.74, 6) is 1.34. The van der Waals surface area contributed by atoms with Crippen molar-refractivity contribution in [1.29, 1.82) is 0 Å². The number of benzene rings is 1. The number of aryl methyl sites for hydroxylation is 1. The number of carbonyl (C=O) groups is 1. The summed E-state index contributed by atoms with van der Waals surface area (Å²) in [7, 11) is 3.22. The maximum atomic E-state index is 12.8. The van der Waals surface area contributed by atoms with E-state index in [1.54, 1.807) is 25.2 Å². The summed E-state index contributed by atoms with van der Waals surface area (Å²) in [5.41, 5.74) is 3.52.